The van der Waals surface area contributed by atoms with Gasteiger partial charge in [-0.1, -0.05) is 17.8 Å². The first-order chi connectivity index (χ1) is 8.20. The molecular formula is C12H12N2O2S. The summed E-state index contributed by atoms with van der Waals surface area (Å²) in [4.78, 5) is 10.2. The lowest BCUT2D eigenvalue weighted by Crippen LogP contribution is -1.83. The van der Waals surface area contributed by atoms with Gasteiger partial charge < -0.3 is 9.21 Å². The second-order valence-corrected chi connectivity index (χ2v) is 4.62. The number of benzene rings is 1. The number of nitrogens with zero attached hydrogens (tertiary/aromatic N) is 2. The fraction of sp³-hybridized carbons (Fsp3) is 0.250. The first-order valence-corrected chi connectivity index (χ1v) is 6.17. The van der Waals surface area contributed by atoms with Crippen molar-refractivity contribution in [3.63, 3.8) is 0 Å². The highest BCUT2D eigenvalue weighted by molar-refractivity contribution is 7.99. The molecule has 0 atom stereocenters. The van der Waals surface area contributed by atoms with E-state index in [1.165, 1.54) is 22.9 Å². The predicted molar refractivity (Wildman–Crippen MR) is 66.0 cm³/mol. The zero-order valence-corrected chi connectivity index (χ0v) is 10.5. The molecule has 0 aliphatic rings. The quantitative estimate of drug-likeness (QED) is 0.615. The number of carbonyl (C=O) groups is 1. The summed E-state index contributed by atoms with van der Waals surface area (Å²) in [5.74, 6) is 0.815. The van der Waals surface area contributed by atoms with Gasteiger partial charge in [-0.25, -0.2) is 0 Å². The molecule has 1 aromatic carbocycles. The Hall–Kier alpha value is -1.62. The Morgan fingerprint density at radius 1 is 1.29 bits per heavy atom. The molecule has 0 amide bonds. The number of carbonyl (C=O) groups excluding carboxylic acids is 1. The first-order valence-electron chi connectivity index (χ1n) is 5.18. The maximum Gasteiger partial charge on any atom is 0.277 e. The van der Waals surface area contributed by atoms with Crippen LogP contribution in [0.4, 0.5) is 0 Å². The van der Waals surface area contributed by atoms with Crippen molar-refractivity contribution >= 4 is 18.0 Å². The van der Waals surface area contributed by atoms with E-state index in [2.05, 4.69) is 17.1 Å². The van der Waals surface area contributed by atoms with Crippen LogP contribution in [0.1, 0.15) is 11.1 Å². The molecule has 0 spiro atoms. The fourth-order valence-corrected chi connectivity index (χ4v) is 1.81. The molecule has 0 N–H and O–H groups in total. The lowest BCUT2D eigenvalue weighted by Gasteiger charge is -2.00. The average molecular weight is 248 g/mol. The van der Waals surface area contributed by atoms with Crippen LogP contribution in [0.2, 0.25) is 0 Å². The Kier molecular flexibility index (Phi) is 3.58. The van der Waals surface area contributed by atoms with Gasteiger partial charge in [-0.05, 0) is 37.1 Å². The molecule has 0 saturated carbocycles. The van der Waals surface area contributed by atoms with Gasteiger partial charge in [0.15, 0.2) is 0 Å². The van der Waals surface area contributed by atoms with Crippen LogP contribution in [0.5, 0.6) is 0 Å². The van der Waals surface area contributed by atoms with Gasteiger partial charge in [0.2, 0.25) is 5.89 Å². The number of aldehydes is 1. The molecule has 0 unspecified atom stereocenters. The molecule has 0 aliphatic carbocycles. The van der Waals surface area contributed by atoms with Gasteiger partial charge in [-0.2, -0.15) is 0 Å². The molecule has 0 fully saturated rings. The van der Waals surface area contributed by atoms with Crippen molar-refractivity contribution < 1.29 is 9.21 Å². The standard InChI is InChI=1S/C12H12N2O2S/c1-8-3-4-10(7-9(8)2)11-13-14-12(16-11)17-6-5-15/h3-5,7H,6H2,1-2H3. The van der Waals surface area contributed by atoms with Crippen molar-refractivity contribution in [1.29, 1.82) is 0 Å². The number of hydrogen-bond acceptors (Lipinski definition) is 5. The van der Waals surface area contributed by atoms with Gasteiger partial charge in [0.25, 0.3) is 5.22 Å². The summed E-state index contributed by atoms with van der Waals surface area (Å²) < 4.78 is 5.45. The molecule has 1 aromatic heterocycles. The Morgan fingerprint density at radius 2 is 2.12 bits per heavy atom. The van der Waals surface area contributed by atoms with Crippen LogP contribution in [0.25, 0.3) is 11.5 Å². The number of aryl methyl sites for hydroxylation is 2. The third kappa shape index (κ3) is 2.74. The summed E-state index contributed by atoms with van der Waals surface area (Å²) in [5, 5.41) is 8.25. The van der Waals surface area contributed by atoms with E-state index in [1.807, 2.05) is 25.1 Å². The molecule has 1 heterocycles. The second-order valence-electron chi connectivity index (χ2n) is 3.65. The average Bonchev–Trinajstić information content (AvgIpc) is 2.79. The van der Waals surface area contributed by atoms with Crippen molar-refractivity contribution in [3.05, 3.63) is 29.3 Å². The molecule has 0 bridgehead atoms. The normalized spacial score (nSPS) is 10.5. The van der Waals surface area contributed by atoms with E-state index >= 15 is 0 Å². The monoisotopic (exact) mass is 248 g/mol. The molecule has 88 valence electrons. The maximum absolute atomic E-state index is 10.2. The summed E-state index contributed by atoms with van der Waals surface area (Å²) in [5.41, 5.74) is 3.31. The fourth-order valence-electron chi connectivity index (χ4n) is 1.36. The Bertz CT molecular complexity index is 537. The third-order valence-corrected chi connectivity index (χ3v) is 3.15. The molecule has 2 rings (SSSR count). The van der Waals surface area contributed by atoms with Crippen LogP contribution in [0.15, 0.2) is 27.8 Å². The summed E-state index contributed by atoms with van der Waals surface area (Å²) >= 11 is 1.23. The number of thioether (sulfide) groups is 1. The highest BCUT2D eigenvalue weighted by atomic mass is 32.2. The van der Waals surface area contributed by atoms with Gasteiger partial charge in [0.1, 0.15) is 6.29 Å². The Balaban J connectivity index is 2.24. The van der Waals surface area contributed by atoms with Crippen LogP contribution in [-0.2, 0) is 4.79 Å². The Labute approximate surface area is 103 Å². The van der Waals surface area contributed by atoms with Crippen LogP contribution < -0.4 is 0 Å². The van der Waals surface area contributed by atoms with Crippen LogP contribution >= 0.6 is 11.8 Å². The van der Waals surface area contributed by atoms with Crippen molar-refractivity contribution in [3.8, 4) is 11.5 Å². The van der Waals surface area contributed by atoms with Crippen molar-refractivity contribution in [1.82, 2.24) is 10.2 Å². The summed E-state index contributed by atoms with van der Waals surface area (Å²) in [6, 6.07) is 5.98. The van der Waals surface area contributed by atoms with E-state index in [-0.39, 0.29) is 0 Å². The highest BCUT2D eigenvalue weighted by Crippen LogP contribution is 2.24. The van der Waals surface area contributed by atoms with Crippen LogP contribution in [-0.4, -0.2) is 22.2 Å². The van der Waals surface area contributed by atoms with Crippen molar-refractivity contribution in [2.24, 2.45) is 0 Å². The van der Waals surface area contributed by atoms with E-state index in [9.17, 15) is 4.79 Å². The predicted octanol–water partition coefficient (Wildman–Crippen LogP) is 2.64. The van der Waals surface area contributed by atoms with Crippen molar-refractivity contribution in [2.45, 2.75) is 19.1 Å². The second kappa shape index (κ2) is 5.14. The molecule has 0 aliphatic heterocycles. The van der Waals surface area contributed by atoms with Crippen molar-refractivity contribution in [2.75, 3.05) is 5.75 Å². The van der Waals surface area contributed by atoms with Gasteiger partial charge >= 0.3 is 0 Å². The van der Waals surface area contributed by atoms with E-state index in [1.54, 1.807) is 0 Å². The molecular weight excluding hydrogens is 236 g/mol. The lowest BCUT2D eigenvalue weighted by molar-refractivity contribution is -0.105. The maximum atomic E-state index is 10.2. The molecule has 17 heavy (non-hydrogen) atoms. The smallest absolute Gasteiger partial charge is 0.277 e. The third-order valence-electron chi connectivity index (χ3n) is 2.44. The molecule has 4 nitrogen and oxygen atoms in total. The van der Waals surface area contributed by atoms with E-state index in [0.29, 0.717) is 16.9 Å². The van der Waals surface area contributed by atoms with Crippen LogP contribution in [0.3, 0.4) is 0 Å². The molecule has 0 saturated heterocycles. The van der Waals surface area contributed by atoms with Gasteiger partial charge in [0.05, 0.1) is 5.75 Å². The molecule has 2 aromatic rings. The van der Waals surface area contributed by atoms with Gasteiger partial charge in [0, 0.05) is 5.56 Å². The zero-order chi connectivity index (χ0) is 12.3. The zero-order valence-electron chi connectivity index (χ0n) is 9.64. The minimum Gasteiger partial charge on any atom is -0.411 e. The minimum absolute atomic E-state index is 0.328. The molecule has 0 radical (unpaired) electrons. The van der Waals surface area contributed by atoms with Gasteiger partial charge in [-0.15, -0.1) is 10.2 Å². The molecule has 5 heteroatoms. The van der Waals surface area contributed by atoms with E-state index in [0.717, 1.165) is 11.8 Å². The minimum atomic E-state index is 0.328. The Morgan fingerprint density at radius 3 is 2.82 bits per heavy atom. The highest BCUT2D eigenvalue weighted by Gasteiger charge is 2.09. The SMILES string of the molecule is Cc1ccc(-c2nnc(SCC=O)o2)cc1C. The van der Waals surface area contributed by atoms with Crippen LogP contribution in [0, 0.1) is 13.8 Å². The number of hydrogen-bond donors (Lipinski definition) is 0. The lowest BCUT2D eigenvalue weighted by atomic mass is 10.1. The van der Waals surface area contributed by atoms with E-state index < -0.39 is 0 Å². The van der Waals surface area contributed by atoms with E-state index in [4.69, 9.17) is 4.42 Å². The topological polar surface area (TPSA) is 56.0 Å². The summed E-state index contributed by atoms with van der Waals surface area (Å²) in [6.45, 7) is 4.09. The first kappa shape index (κ1) is 11.9. The summed E-state index contributed by atoms with van der Waals surface area (Å²) in [6.07, 6.45) is 0.810. The van der Waals surface area contributed by atoms with Gasteiger partial charge in [-0.3, -0.25) is 0 Å². The number of aromatic nitrogens is 2. The number of rotatable bonds is 4. The largest absolute Gasteiger partial charge is 0.411 e. The summed E-state index contributed by atoms with van der Waals surface area (Å²) in [7, 11) is 0.